The third kappa shape index (κ3) is 4.39. The monoisotopic (exact) mass is 430 g/mol. The average molecular weight is 430 g/mol. The maximum absolute atomic E-state index is 12.9. The van der Waals surface area contributed by atoms with Crippen LogP contribution in [0.25, 0.3) is 16.8 Å². The molecular weight excluding hydrogens is 412 g/mol. The Morgan fingerprint density at radius 3 is 2.61 bits per heavy atom. The number of carbonyl (C=O) groups is 2. The van der Waals surface area contributed by atoms with Crippen molar-refractivity contribution in [3.8, 4) is 17.6 Å². The molecule has 3 aromatic rings. The van der Waals surface area contributed by atoms with Gasteiger partial charge in [-0.2, -0.15) is 5.26 Å². The fraction of sp³-hybridized carbons (Fsp3) is 0.125. The van der Waals surface area contributed by atoms with Crippen molar-refractivity contribution in [2.24, 2.45) is 0 Å². The van der Waals surface area contributed by atoms with Gasteiger partial charge in [0.25, 0.3) is 11.1 Å². The molecule has 1 heterocycles. The first-order valence-electron chi connectivity index (χ1n) is 9.50. The van der Waals surface area contributed by atoms with Crippen molar-refractivity contribution in [2.75, 3.05) is 13.7 Å². The Morgan fingerprint density at radius 2 is 1.84 bits per heavy atom. The quantitative estimate of drug-likeness (QED) is 0.513. The van der Waals surface area contributed by atoms with Gasteiger partial charge in [0, 0.05) is 0 Å². The molecule has 31 heavy (non-hydrogen) atoms. The Morgan fingerprint density at radius 1 is 1.03 bits per heavy atom. The molecule has 1 aliphatic heterocycles. The Kier molecular flexibility index (Phi) is 5.92. The molecule has 1 fully saturated rings. The number of hydrogen-bond acceptors (Lipinski definition) is 6. The lowest BCUT2D eigenvalue weighted by Crippen LogP contribution is -2.27. The van der Waals surface area contributed by atoms with Gasteiger partial charge >= 0.3 is 0 Å². The van der Waals surface area contributed by atoms with Gasteiger partial charge < -0.3 is 9.47 Å². The van der Waals surface area contributed by atoms with Crippen LogP contribution in [0.5, 0.6) is 11.5 Å². The summed E-state index contributed by atoms with van der Waals surface area (Å²) in [5.41, 5.74) is 1.58. The van der Waals surface area contributed by atoms with E-state index in [0.29, 0.717) is 22.0 Å². The van der Waals surface area contributed by atoms with E-state index in [1.165, 1.54) is 12.0 Å². The van der Waals surface area contributed by atoms with Gasteiger partial charge in [-0.05, 0) is 57.9 Å². The van der Waals surface area contributed by atoms with Crippen molar-refractivity contribution in [1.29, 1.82) is 5.26 Å². The molecule has 3 aromatic carbocycles. The van der Waals surface area contributed by atoms with Gasteiger partial charge in [0.05, 0.1) is 18.6 Å². The standard InChI is InChI=1S/C24H18N2O4S/c1-29-21-13-16(7-9-20(21)30-11-10-25)14-22-23(27)26(24(28)31-22)15-17-6-8-18-4-2-3-5-19(18)12-17/h2-9,12-14H,11,15H2,1H3/b22-14-. The Hall–Kier alpha value is -3.76. The van der Waals surface area contributed by atoms with Crippen molar-refractivity contribution in [3.05, 3.63) is 76.7 Å². The fourth-order valence-electron chi connectivity index (χ4n) is 3.31. The van der Waals surface area contributed by atoms with Crippen molar-refractivity contribution in [1.82, 2.24) is 4.90 Å². The highest BCUT2D eigenvalue weighted by Gasteiger charge is 2.35. The van der Waals surface area contributed by atoms with Gasteiger partial charge in [-0.15, -0.1) is 0 Å². The Labute approximate surface area is 183 Å². The van der Waals surface area contributed by atoms with Crippen LogP contribution in [0.2, 0.25) is 0 Å². The van der Waals surface area contributed by atoms with E-state index in [4.69, 9.17) is 14.7 Å². The molecule has 7 heteroatoms. The molecule has 0 aromatic heterocycles. The van der Waals surface area contributed by atoms with Gasteiger partial charge in [0.2, 0.25) is 0 Å². The summed E-state index contributed by atoms with van der Waals surface area (Å²) in [5.74, 6) is 0.553. The summed E-state index contributed by atoms with van der Waals surface area (Å²) in [5, 5.41) is 10.5. The minimum absolute atomic E-state index is 0.0939. The average Bonchev–Trinajstić information content (AvgIpc) is 3.05. The molecule has 0 atom stereocenters. The third-order valence-electron chi connectivity index (χ3n) is 4.81. The minimum Gasteiger partial charge on any atom is -0.493 e. The molecule has 1 aliphatic rings. The van der Waals surface area contributed by atoms with E-state index in [-0.39, 0.29) is 24.3 Å². The lowest BCUT2D eigenvalue weighted by molar-refractivity contribution is -0.123. The molecular formula is C24H18N2O4S. The number of ether oxygens (including phenoxy) is 2. The molecule has 0 N–H and O–H groups in total. The minimum atomic E-state index is -0.327. The van der Waals surface area contributed by atoms with E-state index in [1.807, 2.05) is 48.5 Å². The van der Waals surface area contributed by atoms with Crippen LogP contribution in [-0.4, -0.2) is 29.8 Å². The zero-order valence-corrected chi connectivity index (χ0v) is 17.5. The number of hydrogen-bond donors (Lipinski definition) is 0. The number of nitrogens with zero attached hydrogens (tertiary/aromatic N) is 2. The van der Waals surface area contributed by atoms with Crippen LogP contribution in [0.4, 0.5) is 4.79 Å². The van der Waals surface area contributed by atoms with Gasteiger partial charge in [-0.3, -0.25) is 14.5 Å². The van der Waals surface area contributed by atoms with Crippen LogP contribution in [0.1, 0.15) is 11.1 Å². The van der Waals surface area contributed by atoms with Crippen LogP contribution < -0.4 is 9.47 Å². The number of imide groups is 1. The normalized spacial score (nSPS) is 14.8. The molecule has 1 saturated heterocycles. The molecule has 0 bridgehead atoms. The first-order chi connectivity index (χ1) is 15.1. The second kappa shape index (κ2) is 8.94. The summed E-state index contributed by atoms with van der Waals surface area (Å²) < 4.78 is 10.6. The largest absolute Gasteiger partial charge is 0.493 e. The maximum Gasteiger partial charge on any atom is 0.293 e. The van der Waals surface area contributed by atoms with Crippen LogP contribution in [-0.2, 0) is 11.3 Å². The molecule has 6 nitrogen and oxygen atoms in total. The van der Waals surface area contributed by atoms with Gasteiger partial charge in [-0.1, -0.05) is 42.5 Å². The van der Waals surface area contributed by atoms with E-state index in [1.54, 1.807) is 24.3 Å². The van der Waals surface area contributed by atoms with Crippen molar-refractivity contribution in [2.45, 2.75) is 6.54 Å². The molecule has 4 rings (SSSR count). The number of fused-ring (bicyclic) bond motifs is 1. The number of thioether (sulfide) groups is 1. The fourth-order valence-corrected chi connectivity index (χ4v) is 4.15. The maximum atomic E-state index is 12.9. The molecule has 0 saturated carbocycles. The van der Waals surface area contributed by atoms with E-state index in [2.05, 4.69) is 0 Å². The summed E-state index contributed by atoms with van der Waals surface area (Å²) in [6, 6.07) is 20.9. The summed E-state index contributed by atoms with van der Waals surface area (Å²) in [4.78, 5) is 27.0. The zero-order valence-electron chi connectivity index (χ0n) is 16.7. The van der Waals surface area contributed by atoms with Crippen LogP contribution >= 0.6 is 11.8 Å². The van der Waals surface area contributed by atoms with E-state index in [0.717, 1.165) is 28.1 Å². The van der Waals surface area contributed by atoms with E-state index >= 15 is 0 Å². The number of rotatable bonds is 6. The highest BCUT2D eigenvalue weighted by Crippen LogP contribution is 2.35. The van der Waals surface area contributed by atoms with E-state index in [9.17, 15) is 9.59 Å². The van der Waals surface area contributed by atoms with Crippen molar-refractivity contribution >= 4 is 39.8 Å². The highest BCUT2D eigenvalue weighted by atomic mass is 32.2. The van der Waals surface area contributed by atoms with Crippen molar-refractivity contribution < 1.29 is 19.1 Å². The number of carbonyl (C=O) groups excluding carboxylic acids is 2. The Bertz CT molecular complexity index is 1250. The number of amides is 2. The number of nitriles is 1. The smallest absolute Gasteiger partial charge is 0.293 e. The molecule has 2 amide bonds. The second-order valence-corrected chi connectivity index (χ2v) is 7.80. The number of benzene rings is 3. The predicted octanol–water partition coefficient (Wildman–Crippen LogP) is 4.99. The number of methoxy groups -OCH3 is 1. The second-order valence-electron chi connectivity index (χ2n) is 6.81. The van der Waals surface area contributed by atoms with Crippen molar-refractivity contribution in [3.63, 3.8) is 0 Å². The Balaban J connectivity index is 1.54. The van der Waals surface area contributed by atoms with Gasteiger partial charge in [0.15, 0.2) is 18.1 Å². The van der Waals surface area contributed by atoms with E-state index < -0.39 is 0 Å². The molecule has 0 aliphatic carbocycles. The molecule has 154 valence electrons. The summed E-state index contributed by atoms with van der Waals surface area (Å²) in [7, 11) is 1.50. The SMILES string of the molecule is COc1cc(/C=C2\SC(=O)N(Cc3ccc4ccccc4c3)C2=O)ccc1OCC#N. The lowest BCUT2D eigenvalue weighted by atomic mass is 10.1. The molecule has 0 unspecified atom stereocenters. The third-order valence-corrected chi connectivity index (χ3v) is 5.71. The first kappa shape index (κ1) is 20.5. The van der Waals surface area contributed by atoms with Gasteiger partial charge in [-0.25, -0.2) is 0 Å². The topological polar surface area (TPSA) is 79.6 Å². The van der Waals surface area contributed by atoms with Crippen LogP contribution in [0, 0.1) is 11.3 Å². The highest BCUT2D eigenvalue weighted by molar-refractivity contribution is 8.18. The lowest BCUT2D eigenvalue weighted by Gasteiger charge is -2.13. The first-order valence-corrected chi connectivity index (χ1v) is 10.3. The summed E-state index contributed by atoms with van der Waals surface area (Å²) in [6.07, 6.45) is 1.65. The van der Waals surface area contributed by atoms with Crippen LogP contribution in [0.3, 0.4) is 0 Å². The predicted molar refractivity (Wildman–Crippen MR) is 120 cm³/mol. The molecule has 0 spiro atoms. The molecule has 0 radical (unpaired) electrons. The van der Waals surface area contributed by atoms with Crippen LogP contribution in [0.15, 0.2) is 65.6 Å². The summed E-state index contributed by atoms with van der Waals surface area (Å²) in [6.45, 7) is 0.125. The zero-order chi connectivity index (χ0) is 21.8. The summed E-state index contributed by atoms with van der Waals surface area (Å²) >= 11 is 0.914. The van der Waals surface area contributed by atoms with Gasteiger partial charge in [0.1, 0.15) is 6.07 Å².